The zero-order valence-corrected chi connectivity index (χ0v) is 29.9. The van der Waals surface area contributed by atoms with E-state index in [9.17, 15) is 26.3 Å². The molecule has 0 aromatic heterocycles. The van der Waals surface area contributed by atoms with Gasteiger partial charge in [-0.2, -0.15) is 0 Å². The Bertz CT molecular complexity index is 2230. The maximum atomic E-state index is 16.6. The number of hydrogen-bond donors (Lipinski definition) is 0. The van der Waals surface area contributed by atoms with Crippen molar-refractivity contribution in [3.05, 3.63) is 188 Å². The van der Waals surface area contributed by atoms with Crippen molar-refractivity contribution in [2.45, 2.75) is 19.9 Å². The molecule has 57 heavy (non-hydrogen) atoms. The van der Waals surface area contributed by atoms with Crippen molar-refractivity contribution >= 4 is 31.9 Å². The highest BCUT2D eigenvalue weighted by atomic mass is 79.9. The first kappa shape index (κ1) is 42.1. The van der Waals surface area contributed by atoms with Crippen LogP contribution in [0.3, 0.4) is 0 Å². The molecule has 0 saturated carbocycles. The predicted octanol–water partition coefficient (Wildman–Crippen LogP) is 13.2. The number of benzene rings is 4. The molecule has 2 aliphatic carbocycles. The van der Waals surface area contributed by atoms with E-state index in [2.05, 4.69) is 4.74 Å². The second-order valence-electron chi connectivity index (χ2n) is 11.9. The number of allylic oxidation sites excluding steroid dienone is 4. The Kier molecular flexibility index (Phi) is 10.4. The molecule has 0 heterocycles. The average molecular weight is 960 g/mol. The van der Waals surface area contributed by atoms with Crippen LogP contribution in [0.2, 0.25) is 0 Å². The number of alkyl halides is 2. The SMILES string of the molecule is FC1=C(F)C(c2ccccc2)(c2c(F)c(F)c(F)c(F)c2F)C(F)=C(F)C1(Br)OC1(Br)C(F)=C(F)C(c2ccccc2)(c2c(F)c(F)c(F)c(F)c2F)C(F)=C1F. The van der Waals surface area contributed by atoms with Gasteiger partial charge in [-0.05, 0) is 43.0 Å². The summed E-state index contributed by atoms with van der Waals surface area (Å²) >= 11 is 3.88. The summed E-state index contributed by atoms with van der Waals surface area (Å²) in [5.41, 5.74) is -16.7. The van der Waals surface area contributed by atoms with Gasteiger partial charge in [-0.15, -0.1) is 0 Å². The molecular weight excluding hydrogens is 950 g/mol. The van der Waals surface area contributed by atoms with Crippen LogP contribution in [0.15, 0.2) is 107 Å². The normalized spacial score (nSPS) is 25.6. The van der Waals surface area contributed by atoms with Gasteiger partial charge in [0.25, 0.3) is 0 Å². The largest absolute Gasteiger partial charge is 0.319 e. The average Bonchev–Trinajstić information content (AvgIpc) is 3.21. The summed E-state index contributed by atoms with van der Waals surface area (Å²) in [7, 11) is 0. The molecule has 4 aromatic rings. The summed E-state index contributed by atoms with van der Waals surface area (Å²) in [6, 6.07) is 7.20. The van der Waals surface area contributed by atoms with E-state index in [1.807, 2.05) is 31.9 Å². The maximum absolute atomic E-state index is 16.6. The minimum absolute atomic E-state index is 0.477. The van der Waals surface area contributed by atoms with Crippen molar-refractivity contribution in [2.75, 3.05) is 0 Å². The van der Waals surface area contributed by atoms with Gasteiger partial charge in [0.2, 0.25) is 20.7 Å². The maximum Gasteiger partial charge on any atom is 0.233 e. The minimum Gasteiger partial charge on any atom is -0.319 e. The molecule has 0 aliphatic heterocycles. The molecule has 2 aliphatic rings. The van der Waals surface area contributed by atoms with Crippen LogP contribution in [0, 0.1) is 58.2 Å². The van der Waals surface area contributed by atoms with Crippen LogP contribution < -0.4 is 0 Å². The lowest BCUT2D eigenvalue weighted by atomic mass is 9.68. The Morgan fingerprint density at radius 3 is 0.737 bits per heavy atom. The van der Waals surface area contributed by atoms with Crippen molar-refractivity contribution in [1.82, 2.24) is 0 Å². The van der Waals surface area contributed by atoms with Crippen LogP contribution in [0.4, 0.5) is 79.0 Å². The highest BCUT2D eigenvalue weighted by Crippen LogP contribution is 2.65. The third kappa shape index (κ3) is 5.36. The van der Waals surface area contributed by atoms with E-state index in [4.69, 9.17) is 0 Å². The van der Waals surface area contributed by atoms with Gasteiger partial charge in [0.15, 0.2) is 93.2 Å². The van der Waals surface area contributed by atoms with Gasteiger partial charge in [-0.1, -0.05) is 60.7 Å². The summed E-state index contributed by atoms with van der Waals surface area (Å²) in [5.74, 6) is -54.3. The molecule has 0 atom stereocenters. The number of ether oxygens (including phenoxy) is 1. The predicted molar refractivity (Wildman–Crippen MR) is 168 cm³/mol. The van der Waals surface area contributed by atoms with Crippen molar-refractivity contribution in [3.63, 3.8) is 0 Å². The van der Waals surface area contributed by atoms with Crippen LogP contribution in [0.5, 0.6) is 0 Å². The van der Waals surface area contributed by atoms with Crippen LogP contribution in [-0.4, -0.2) is 9.02 Å². The van der Waals surface area contributed by atoms with E-state index in [1.165, 1.54) is 0 Å². The molecule has 0 spiro atoms. The molecule has 0 bridgehead atoms. The van der Waals surface area contributed by atoms with E-state index in [-0.39, 0.29) is 0 Å². The number of hydrogen-bond acceptors (Lipinski definition) is 1. The highest BCUT2D eigenvalue weighted by Gasteiger charge is 2.67. The standard InChI is InChI=1S/C36H10Br2F18O/c37-35(29(53)25(49)33(26(50)30(35)54,11-7-3-1-4-8-11)13-15(39)19(43)23(47)20(44)16(13)40)57-36(38)31(55)27(51)34(28(52)32(36)56,12-9-5-2-6-10-12)14-17(41)21(45)24(48)22(46)18(14)42/h1-10H. The number of halogens is 20. The smallest absolute Gasteiger partial charge is 0.233 e. The fourth-order valence-corrected chi connectivity index (χ4v) is 7.86. The quantitative estimate of drug-likeness (QED) is 0.0810. The molecule has 0 saturated heterocycles. The zero-order valence-electron chi connectivity index (χ0n) is 26.7. The van der Waals surface area contributed by atoms with Crippen molar-refractivity contribution in [3.8, 4) is 0 Å². The first-order chi connectivity index (χ1) is 26.5. The van der Waals surface area contributed by atoms with E-state index >= 15 is 52.7 Å². The molecule has 4 aromatic carbocycles. The first-order valence-corrected chi connectivity index (χ1v) is 16.6. The topological polar surface area (TPSA) is 9.23 Å². The van der Waals surface area contributed by atoms with Gasteiger partial charge in [0.05, 0.1) is 11.1 Å². The van der Waals surface area contributed by atoms with Gasteiger partial charge < -0.3 is 4.74 Å². The monoisotopic (exact) mass is 958 g/mol. The molecule has 0 amide bonds. The molecule has 0 N–H and O–H groups in total. The van der Waals surface area contributed by atoms with Crippen LogP contribution in [-0.2, 0) is 15.6 Å². The van der Waals surface area contributed by atoms with Crippen LogP contribution >= 0.6 is 31.9 Å². The fraction of sp³-hybridized carbons (Fsp3) is 0.111. The second-order valence-corrected chi connectivity index (χ2v) is 14.2. The van der Waals surface area contributed by atoms with E-state index in [0.29, 0.717) is 24.3 Å². The Labute approximate surface area is 322 Å². The Morgan fingerprint density at radius 1 is 0.298 bits per heavy atom. The second kappa shape index (κ2) is 14.1. The van der Waals surface area contributed by atoms with Gasteiger partial charge in [-0.25, -0.2) is 79.0 Å². The lowest BCUT2D eigenvalue weighted by Crippen LogP contribution is -2.49. The summed E-state index contributed by atoms with van der Waals surface area (Å²) < 4.78 is 275. The Hall–Kier alpha value is -4.50. The summed E-state index contributed by atoms with van der Waals surface area (Å²) in [4.78, 5) is 0. The number of rotatable bonds is 6. The van der Waals surface area contributed by atoms with Gasteiger partial charge in [0.1, 0.15) is 10.8 Å². The molecule has 21 heteroatoms. The molecule has 0 fully saturated rings. The molecule has 6 rings (SSSR count). The van der Waals surface area contributed by atoms with Crippen molar-refractivity contribution in [2.24, 2.45) is 0 Å². The lowest BCUT2D eigenvalue weighted by Gasteiger charge is -2.44. The van der Waals surface area contributed by atoms with E-state index in [1.54, 1.807) is 0 Å². The van der Waals surface area contributed by atoms with Crippen LogP contribution in [0.25, 0.3) is 0 Å². The molecule has 0 unspecified atom stereocenters. The Morgan fingerprint density at radius 2 is 0.509 bits per heavy atom. The first-order valence-electron chi connectivity index (χ1n) is 15.0. The molecular formula is C36H10Br2F18O. The fourth-order valence-electron chi connectivity index (χ4n) is 6.46. The van der Waals surface area contributed by atoms with E-state index in [0.717, 1.165) is 36.4 Å². The summed E-state index contributed by atoms with van der Waals surface area (Å²) in [6.07, 6.45) is 0. The van der Waals surface area contributed by atoms with Crippen molar-refractivity contribution < 1.29 is 83.8 Å². The Balaban J connectivity index is 1.66. The van der Waals surface area contributed by atoms with Gasteiger partial charge in [-0.3, -0.25) is 0 Å². The minimum atomic E-state index is -4.61. The summed E-state index contributed by atoms with van der Waals surface area (Å²) in [6.45, 7) is 0. The molecule has 0 radical (unpaired) electrons. The highest BCUT2D eigenvalue weighted by molar-refractivity contribution is 9.10. The van der Waals surface area contributed by atoms with Crippen molar-refractivity contribution in [1.29, 1.82) is 0 Å². The van der Waals surface area contributed by atoms with Crippen LogP contribution in [0.1, 0.15) is 22.3 Å². The van der Waals surface area contributed by atoms with Gasteiger partial charge in [0, 0.05) is 0 Å². The van der Waals surface area contributed by atoms with E-state index < -0.39 is 147 Å². The zero-order chi connectivity index (χ0) is 42.5. The van der Waals surface area contributed by atoms with Gasteiger partial charge >= 0.3 is 0 Å². The molecule has 300 valence electrons. The third-order valence-corrected chi connectivity index (χ3v) is 10.8. The molecule has 1 nitrogen and oxygen atoms in total. The third-order valence-electron chi connectivity index (χ3n) is 9.08. The summed E-state index contributed by atoms with van der Waals surface area (Å²) in [5, 5.41) is 0. The lowest BCUT2D eigenvalue weighted by molar-refractivity contribution is -0.0268.